The van der Waals surface area contributed by atoms with Crippen LogP contribution in [0.5, 0.6) is 0 Å². The zero-order chi connectivity index (χ0) is 32.8. The van der Waals surface area contributed by atoms with Crippen LogP contribution >= 0.6 is 23.2 Å². The van der Waals surface area contributed by atoms with E-state index in [9.17, 15) is 14.7 Å². The van der Waals surface area contributed by atoms with Crippen LogP contribution in [0.1, 0.15) is 60.7 Å². The molecule has 0 aliphatic carbocycles. The van der Waals surface area contributed by atoms with Crippen molar-refractivity contribution in [1.82, 2.24) is 29.6 Å². The summed E-state index contributed by atoms with van der Waals surface area (Å²) in [6.07, 6.45) is 3.49. The molecule has 5 heterocycles. The Hall–Kier alpha value is -4.58. The van der Waals surface area contributed by atoms with Crippen LogP contribution in [-0.2, 0) is 11.3 Å². The van der Waals surface area contributed by atoms with Gasteiger partial charge in [-0.3, -0.25) is 24.2 Å². The van der Waals surface area contributed by atoms with Crippen LogP contribution in [0, 0.1) is 5.92 Å². The summed E-state index contributed by atoms with van der Waals surface area (Å²) in [5, 5.41) is 20.9. The third-order valence-electron chi connectivity index (χ3n) is 8.71. The molecule has 13 heteroatoms. The first kappa shape index (κ1) is 31.0. The van der Waals surface area contributed by atoms with Gasteiger partial charge in [0.1, 0.15) is 11.3 Å². The molecule has 11 nitrogen and oxygen atoms in total. The van der Waals surface area contributed by atoms with Gasteiger partial charge in [-0.25, -0.2) is 9.97 Å². The van der Waals surface area contributed by atoms with Gasteiger partial charge in [-0.05, 0) is 43.2 Å². The van der Waals surface area contributed by atoms with E-state index in [4.69, 9.17) is 28.2 Å². The van der Waals surface area contributed by atoms with Crippen LogP contribution in [0.3, 0.4) is 0 Å². The van der Waals surface area contributed by atoms with E-state index < -0.39 is 5.97 Å². The van der Waals surface area contributed by atoms with Gasteiger partial charge < -0.3 is 15.7 Å². The number of nitrogens with one attached hydrogen (secondary N) is 2. The molecule has 1 saturated heterocycles. The zero-order valence-corrected chi connectivity index (χ0v) is 27.3. The van der Waals surface area contributed by atoms with Crippen LogP contribution < -0.4 is 10.6 Å². The number of anilines is 3. The first-order valence-corrected chi connectivity index (χ1v) is 16.3. The molecule has 0 spiro atoms. The van der Waals surface area contributed by atoms with Crippen LogP contribution in [0.4, 0.5) is 17.2 Å². The molecule has 5 aromatic rings. The number of carbonyl (C=O) groups excluding carboxylic acids is 1. The summed E-state index contributed by atoms with van der Waals surface area (Å²) in [6, 6.07) is 16.6. The fourth-order valence-electron chi connectivity index (χ4n) is 6.18. The Kier molecular flexibility index (Phi) is 8.29. The number of halogens is 2. The highest BCUT2D eigenvalue weighted by Gasteiger charge is 2.39. The lowest BCUT2D eigenvalue weighted by atomic mass is 9.93. The summed E-state index contributed by atoms with van der Waals surface area (Å²) in [5.41, 5.74) is 4.91. The second kappa shape index (κ2) is 12.6. The summed E-state index contributed by atoms with van der Waals surface area (Å²) in [6.45, 7) is 5.77. The van der Waals surface area contributed by atoms with E-state index >= 15 is 0 Å². The van der Waals surface area contributed by atoms with Gasteiger partial charge in [0.05, 0.1) is 44.6 Å². The minimum atomic E-state index is -0.772. The molecule has 0 radical (unpaired) electrons. The lowest BCUT2D eigenvalue weighted by molar-refractivity contribution is -0.149. The summed E-state index contributed by atoms with van der Waals surface area (Å²) < 4.78 is 1.86. The second-order valence-electron chi connectivity index (χ2n) is 12.2. The van der Waals surface area contributed by atoms with Crippen LogP contribution in [0.2, 0.25) is 10.0 Å². The Labute approximate surface area is 281 Å². The normalized spacial score (nSPS) is 16.6. The third-order valence-corrected chi connectivity index (χ3v) is 9.52. The number of carbonyl (C=O) groups is 2. The number of carboxylic acids is 1. The number of aryl methyl sites for hydroxylation is 1. The highest BCUT2D eigenvalue weighted by molar-refractivity contribution is 6.39. The molecule has 47 heavy (non-hydrogen) atoms. The SMILES string of the molecule is CC(C)c1nc(Nc2cccc(-c3cccc(NC(=O)c4cc5n(n4)CCC[C@H]5N4CC(C(=O)O)C4)c3Cl)c2Cl)c2ncccc2n1. The Morgan fingerprint density at radius 1 is 0.979 bits per heavy atom. The molecule has 2 aromatic carbocycles. The highest BCUT2D eigenvalue weighted by atomic mass is 35.5. The average Bonchev–Trinajstić information content (AvgIpc) is 3.48. The van der Waals surface area contributed by atoms with Crippen molar-refractivity contribution in [3.63, 3.8) is 0 Å². The maximum Gasteiger partial charge on any atom is 0.309 e. The van der Waals surface area contributed by atoms with Gasteiger partial charge in [-0.15, -0.1) is 0 Å². The molecule has 7 rings (SSSR count). The first-order valence-electron chi connectivity index (χ1n) is 15.5. The topological polar surface area (TPSA) is 138 Å². The smallest absolute Gasteiger partial charge is 0.309 e. The number of aromatic nitrogens is 5. The quantitative estimate of drug-likeness (QED) is 0.157. The van der Waals surface area contributed by atoms with Gasteiger partial charge in [0.25, 0.3) is 5.91 Å². The highest BCUT2D eigenvalue weighted by Crippen LogP contribution is 2.41. The van der Waals surface area contributed by atoms with Crippen molar-refractivity contribution >= 4 is 63.3 Å². The van der Waals surface area contributed by atoms with Gasteiger partial charge in [0.15, 0.2) is 11.5 Å². The van der Waals surface area contributed by atoms with E-state index in [1.807, 2.05) is 54.9 Å². The summed E-state index contributed by atoms with van der Waals surface area (Å²) in [7, 11) is 0. The molecule has 2 aliphatic heterocycles. The van der Waals surface area contributed by atoms with Gasteiger partial charge in [-0.2, -0.15) is 5.10 Å². The minimum absolute atomic E-state index is 0.0384. The Balaban J connectivity index is 1.14. The lowest BCUT2D eigenvalue weighted by Gasteiger charge is -2.43. The largest absolute Gasteiger partial charge is 0.481 e. The van der Waals surface area contributed by atoms with Crippen molar-refractivity contribution in [1.29, 1.82) is 0 Å². The number of aliphatic carboxylic acids is 1. The standard InChI is InChI=1S/C34H32Cl2N8O3/c1-18(2)31-39-24-11-5-13-37-30(24)32(41-31)38-22-9-3-7-20(28(22)35)21-8-4-10-23(29(21)36)40-33(45)25-15-27-26(12-6-14-44(27)42-25)43-16-19(17-43)34(46)47/h3-5,7-11,13,15,18-19,26H,6,12,14,16-17H2,1-2H3,(H,40,45)(H,46,47)(H,38,39,41)/t26-/m1/s1. The number of nitrogens with zero attached hydrogens (tertiary/aromatic N) is 6. The number of carboxylic acid groups (broad SMARTS) is 1. The van der Waals surface area contributed by atoms with E-state index in [1.165, 1.54) is 0 Å². The average molecular weight is 672 g/mol. The monoisotopic (exact) mass is 670 g/mol. The number of amides is 1. The van der Waals surface area contributed by atoms with Gasteiger partial charge in [0, 0.05) is 42.9 Å². The van der Waals surface area contributed by atoms with E-state index in [0.717, 1.165) is 24.1 Å². The first-order chi connectivity index (χ1) is 22.7. The molecule has 2 aliphatic rings. The van der Waals surface area contributed by atoms with E-state index in [-0.39, 0.29) is 29.5 Å². The molecular formula is C34H32Cl2N8O3. The van der Waals surface area contributed by atoms with Crippen molar-refractivity contribution in [2.75, 3.05) is 23.7 Å². The molecule has 1 atom stereocenters. The maximum atomic E-state index is 13.4. The number of hydrogen-bond donors (Lipinski definition) is 3. The fraction of sp³-hybridized carbons (Fsp3) is 0.294. The second-order valence-corrected chi connectivity index (χ2v) is 13.0. The number of hydrogen-bond acceptors (Lipinski definition) is 8. The molecule has 0 saturated carbocycles. The Bertz CT molecular complexity index is 2020. The van der Waals surface area contributed by atoms with Crippen molar-refractivity contribution in [2.24, 2.45) is 5.92 Å². The Morgan fingerprint density at radius 2 is 1.70 bits per heavy atom. The van der Waals surface area contributed by atoms with E-state index in [1.54, 1.807) is 24.4 Å². The van der Waals surface area contributed by atoms with E-state index in [0.29, 0.717) is 69.3 Å². The molecule has 3 N–H and O–H groups in total. The van der Waals surface area contributed by atoms with Crippen LogP contribution in [0.15, 0.2) is 60.8 Å². The molecular weight excluding hydrogens is 639 g/mol. The van der Waals surface area contributed by atoms with Crippen LogP contribution in [0.25, 0.3) is 22.2 Å². The number of pyridine rings is 1. The summed E-state index contributed by atoms with van der Waals surface area (Å²) in [4.78, 5) is 40.8. The minimum Gasteiger partial charge on any atom is -0.481 e. The van der Waals surface area contributed by atoms with E-state index in [2.05, 4.69) is 30.6 Å². The fourth-order valence-corrected chi connectivity index (χ4v) is 6.73. The molecule has 240 valence electrons. The third kappa shape index (κ3) is 5.90. The van der Waals surface area contributed by atoms with Crippen LogP contribution in [-0.4, -0.2) is 59.7 Å². The zero-order valence-electron chi connectivity index (χ0n) is 25.7. The number of likely N-dealkylation sites (tertiary alicyclic amines) is 1. The predicted octanol–water partition coefficient (Wildman–Crippen LogP) is 7.17. The molecule has 3 aromatic heterocycles. The molecule has 0 bridgehead atoms. The maximum absolute atomic E-state index is 13.4. The predicted molar refractivity (Wildman–Crippen MR) is 181 cm³/mol. The number of fused-ring (bicyclic) bond motifs is 2. The van der Waals surface area contributed by atoms with Gasteiger partial charge >= 0.3 is 5.97 Å². The molecule has 1 amide bonds. The van der Waals surface area contributed by atoms with Crippen molar-refractivity contribution in [3.05, 3.63) is 88.1 Å². The number of benzene rings is 2. The van der Waals surface area contributed by atoms with Crippen molar-refractivity contribution in [3.8, 4) is 11.1 Å². The number of rotatable bonds is 8. The summed E-state index contributed by atoms with van der Waals surface area (Å²) in [5.74, 6) is -0.162. The molecule has 0 unspecified atom stereocenters. The van der Waals surface area contributed by atoms with Gasteiger partial charge in [-0.1, -0.05) is 61.3 Å². The van der Waals surface area contributed by atoms with Crippen molar-refractivity contribution < 1.29 is 14.7 Å². The van der Waals surface area contributed by atoms with Crippen molar-refractivity contribution in [2.45, 2.75) is 45.2 Å². The van der Waals surface area contributed by atoms with Gasteiger partial charge in [0.2, 0.25) is 0 Å². The summed E-state index contributed by atoms with van der Waals surface area (Å²) >= 11 is 13.9. The Morgan fingerprint density at radius 3 is 2.43 bits per heavy atom. The lowest BCUT2D eigenvalue weighted by Crippen LogP contribution is -2.52. The molecule has 1 fully saturated rings.